The molecule has 19 heavy (non-hydrogen) atoms. The van der Waals surface area contributed by atoms with Crippen molar-refractivity contribution < 1.29 is 4.79 Å². The predicted octanol–water partition coefficient (Wildman–Crippen LogP) is 2.27. The van der Waals surface area contributed by atoms with Gasteiger partial charge in [-0.15, -0.1) is 0 Å². The van der Waals surface area contributed by atoms with Crippen molar-refractivity contribution in [3.63, 3.8) is 0 Å². The van der Waals surface area contributed by atoms with E-state index in [0.29, 0.717) is 6.42 Å². The molecule has 0 aliphatic carbocycles. The summed E-state index contributed by atoms with van der Waals surface area (Å²) in [5.74, 6) is 0.130. The highest BCUT2D eigenvalue weighted by Gasteiger charge is 2.11. The monoisotopic (exact) mass is 254 g/mol. The second-order valence-electron chi connectivity index (χ2n) is 4.43. The molecule has 3 nitrogen and oxygen atoms in total. The van der Waals surface area contributed by atoms with Crippen molar-refractivity contribution in [3.8, 4) is 0 Å². The largest absolute Gasteiger partial charge is 0.319 e. The van der Waals surface area contributed by atoms with Gasteiger partial charge in [-0.05, 0) is 37.7 Å². The van der Waals surface area contributed by atoms with Crippen LogP contribution in [-0.4, -0.2) is 24.4 Å². The Morgan fingerprint density at radius 3 is 2.68 bits per heavy atom. The fourth-order valence-corrected chi connectivity index (χ4v) is 2.03. The van der Waals surface area contributed by atoms with Gasteiger partial charge in [-0.3, -0.25) is 9.78 Å². The summed E-state index contributed by atoms with van der Waals surface area (Å²) in [6.45, 7) is 0.869. The van der Waals surface area contributed by atoms with Crippen LogP contribution in [0, 0.1) is 0 Å². The summed E-state index contributed by atoms with van der Waals surface area (Å²) in [7, 11) is 1.92. The minimum Gasteiger partial charge on any atom is -0.319 e. The summed E-state index contributed by atoms with van der Waals surface area (Å²) < 4.78 is 0. The van der Waals surface area contributed by atoms with Gasteiger partial charge in [-0.25, -0.2) is 0 Å². The van der Waals surface area contributed by atoms with E-state index in [1.165, 1.54) is 0 Å². The molecule has 1 heterocycles. The Balaban J connectivity index is 2.14. The summed E-state index contributed by atoms with van der Waals surface area (Å²) in [5.41, 5.74) is 2.72. The van der Waals surface area contributed by atoms with E-state index in [4.69, 9.17) is 0 Å². The summed E-state index contributed by atoms with van der Waals surface area (Å²) in [6.07, 6.45) is 2.94. The Hall–Kier alpha value is -2.00. The van der Waals surface area contributed by atoms with Crippen molar-refractivity contribution >= 4 is 5.78 Å². The van der Waals surface area contributed by atoms with Crippen LogP contribution in [0.3, 0.4) is 0 Å². The van der Waals surface area contributed by atoms with E-state index >= 15 is 0 Å². The van der Waals surface area contributed by atoms with Crippen LogP contribution in [0.1, 0.15) is 21.6 Å². The lowest BCUT2D eigenvalue weighted by molar-refractivity contribution is 0.0991. The number of aromatic nitrogens is 1. The van der Waals surface area contributed by atoms with Crippen LogP contribution >= 0.6 is 0 Å². The first-order valence-corrected chi connectivity index (χ1v) is 6.47. The van der Waals surface area contributed by atoms with E-state index in [0.717, 1.165) is 29.8 Å². The first-order valence-electron chi connectivity index (χ1n) is 6.47. The number of Topliss-reactive ketones (excluding diaryl/α,β-unsaturated/α-hetero) is 1. The minimum absolute atomic E-state index is 0.130. The number of carbonyl (C=O) groups is 1. The third-order valence-corrected chi connectivity index (χ3v) is 3.03. The highest BCUT2D eigenvalue weighted by molar-refractivity contribution is 5.98. The zero-order valence-corrected chi connectivity index (χ0v) is 11.1. The van der Waals surface area contributed by atoms with Crippen LogP contribution in [-0.2, 0) is 12.8 Å². The van der Waals surface area contributed by atoms with Crippen LogP contribution in [0.25, 0.3) is 0 Å². The second kappa shape index (κ2) is 6.81. The molecule has 98 valence electrons. The van der Waals surface area contributed by atoms with Gasteiger partial charge in [0.15, 0.2) is 5.78 Å². The summed E-state index contributed by atoms with van der Waals surface area (Å²) >= 11 is 0. The Kier molecular flexibility index (Phi) is 4.81. The number of ketones is 1. The fourth-order valence-electron chi connectivity index (χ4n) is 2.03. The average Bonchev–Trinajstić information content (AvgIpc) is 2.46. The first kappa shape index (κ1) is 13.4. The maximum Gasteiger partial charge on any atom is 0.169 e. The molecule has 3 heteroatoms. The van der Waals surface area contributed by atoms with Gasteiger partial charge in [0.05, 0.1) is 6.42 Å². The van der Waals surface area contributed by atoms with E-state index in [1.807, 2.05) is 49.5 Å². The number of carbonyl (C=O) groups excluding carboxylic acids is 1. The highest BCUT2D eigenvalue weighted by atomic mass is 16.1. The van der Waals surface area contributed by atoms with Crippen LogP contribution < -0.4 is 5.32 Å². The number of nitrogens with one attached hydrogen (secondary N) is 1. The van der Waals surface area contributed by atoms with E-state index < -0.39 is 0 Å². The first-order chi connectivity index (χ1) is 9.31. The third kappa shape index (κ3) is 3.73. The normalized spacial score (nSPS) is 10.4. The van der Waals surface area contributed by atoms with Crippen molar-refractivity contribution in [2.75, 3.05) is 13.6 Å². The zero-order valence-electron chi connectivity index (χ0n) is 11.1. The molecule has 0 saturated heterocycles. The molecule has 1 aromatic carbocycles. The van der Waals surface area contributed by atoms with Gasteiger partial charge in [0.2, 0.25) is 0 Å². The van der Waals surface area contributed by atoms with Crippen LogP contribution in [0.2, 0.25) is 0 Å². The topological polar surface area (TPSA) is 42.0 Å². The molecule has 0 fully saturated rings. The van der Waals surface area contributed by atoms with Crippen LogP contribution in [0.5, 0.6) is 0 Å². The van der Waals surface area contributed by atoms with Gasteiger partial charge in [-0.1, -0.05) is 30.3 Å². The van der Waals surface area contributed by atoms with Gasteiger partial charge in [0.1, 0.15) is 0 Å². The number of hydrogen-bond acceptors (Lipinski definition) is 3. The standard InChI is InChI=1S/C16H18N2O/c1-17-11-9-13-6-2-3-8-15(13)16(19)12-14-7-4-5-10-18-14/h2-8,10,17H,9,11-12H2,1H3. The number of rotatable bonds is 6. The number of nitrogens with zero attached hydrogens (tertiary/aromatic N) is 1. The van der Waals surface area contributed by atoms with Crippen molar-refractivity contribution in [1.82, 2.24) is 10.3 Å². The predicted molar refractivity (Wildman–Crippen MR) is 76.3 cm³/mol. The van der Waals surface area contributed by atoms with E-state index in [9.17, 15) is 4.79 Å². The molecule has 0 atom stereocenters. The smallest absolute Gasteiger partial charge is 0.169 e. The van der Waals surface area contributed by atoms with Gasteiger partial charge < -0.3 is 5.32 Å². The number of pyridine rings is 1. The van der Waals surface area contributed by atoms with Crippen molar-refractivity contribution in [2.45, 2.75) is 12.8 Å². The molecule has 0 bridgehead atoms. The second-order valence-corrected chi connectivity index (χ2v) is 4.43. The Morgan fingerprint density at radius 2 is 1.95 bits per heavy atom. The molecule has 1 aromatic heterocycles. The van der Waals surface area contributed by atoms with Crippen molar-refractivity contribution in [3.05, 3.63) is 65.5 Å². The molecular formula is C16H18N2O. The fraction of sp³-hybridized carbons (Fsp3) is 0.250. The summed E-state index contributed by atoms with van der Waals surface area (Å²) in [4.78, 5) is 16.5. The lowest BCUT2D eigenvalue weighted by atomic mass is 9.98. The lowest BCUT2D eigenvalue weighted by Crippen LogP contribution is -2.14. The average molecular weight is 254 g/mol. The molecule has 1 N–H and O–H groups in total. The molecule has 0 unspecified atom stereocenters. The SMILES string of the molecule is CNCCc1ccccc1C(=O)Cc1ccccn1. The number of hydrogen-bond donors (Lipinski definition) is 1. The Bertz CT molecular complexity index is 537. The van der Waals surface area contributed by atoms with Gasteiger partial charge >= 0.3 is 0 Å². The maximum atomic E-state index is 12.3. The van der Waals surface area contributed by atoms with Crippen LogP contribution in [0.4, 0.5) is 0 Å². The van der Waals surface area contributed by atoms with Gasteiger partial charge in [0.25, 0.3) is 0 Å². The highest BCUT2D eigenvalue weighted by Crippen LogP contribution is 2.12. The number of likely N-dealkylation sites (N-methyl/N-ethyl adjacent to an activating group) is 1. The van der Waals surface area contributed by atoms with Gasteiger partial charge in [-0.2, -0.15) is 0 Å². The molecular weight excluding hydrogens is 236 g/mol. The zero-order chi connectivity index (χ0) is 13.5. The minimum atomic E-state index is 0.130. The van der Waals surface area contributed by atoms with Gasteiger partial charge in [0, 0.05) is 17.5 Å². The maximum absolute atomic E-state index is 12.3. The molecule has 0 saturated carbocycles. The Morgan fingerprint density at radius 1 is 1.16 bits per heavy atom. The lowest BCUT2D eigenvalue weighted by Gasteiger charge is -2.08. The molecule has 0 amide bonds. The molecule has 0 radical (unpaired) electrons. The summed E-state index contributed by atoms with van der Waals surface area (Å²) in [6, 6.07) is 13.4. The van der Waals surface area contributed by atoms with Crippen LogP contribution in [0.15, 0.2) is 48.7 Å². The van der Waals surface area contributed by atoms with Crippen molar-refractivity contribution in [2.24, 2.45) is 0 Å². The Labute approximate surface area is 113 Å². The van der Waals surface area contributed by atoms with E-state index in [1.54, 1.807) is 6.20 Å². The molecule has 2 rings (SSSR count). The van der Waals surface area contributed by atoms with E-state index in [-0.39, 0.29) is 5.78 Å². The molecule has 2 aromatic rings. The quantitative estimate of drug-likeness (QED) is 0.804. The molecule has 0 aliphatic rings. The number of benzene rings is 1. The molecule has 0 spiro atoms. The summed E-state index contributed by atoms with van der Waals surface area (Å²) in [5, 5.41) is 3.11. The van der Waals surface area contributed by atoms with E-state index in [2.05, 4.69) is 10.3 Å². The molecule has 0 aliphatic heterocycles. The third-order valence-electron chi connectivity index (χ3n) is 3.03. The van der Waals surface area contributed by atoms with Crippen molar-refractivity contribution in [1.29, 1.82) is 0 Å².